The first-order chi connectivity index (χ1) is 12.0. The second-order valence-electron chi connectivity index (χ2n) is 5.90. The molecule has 0 atom stereocenters. The molecule has 2 aromatic carbocycles. The number of fused-ring (bicyclic) bond motifs is 1. The van der Waals surface area contributed by atoms with Crippen molar-refractivity contribution in [3.05, 3.63) is 59.9 Å². The highest BCUT2D eigenvalue weighted by molar-refractivity contribution is 7.80. The number of carbonyl (C=O) groups excluding carboxylic acids is 1. The number of furan rings is 1. The zero-order chi connectivity index (χ0) is 18.0. The fraction of sp³-hybridized carbons (Fsp3) is 0.158. The summed E-state index contributed by atoms with van der Waals surface area (Å²) in [6, 6.07) is 15.3. The van der Waals surface area contributed by atoms with E-state index in [1.165, 1.54) is 0 Å². The molecule has 5 nitrogen and oxygen atoms in total. The van der Waals surface area contributed by atoms with Gasteiger partial charge < -0.3 is 14.6 Å². The molecule has 6 heteroatoms. The second-order valence-corrected chi connectivity index (χ2v) is 6.31. The van der Waals surface area contributed by atoms with Gasteiger partial charge in [-0.3, -0.25) is 10.1 Å². The highest BCUT2D eigenvalue weighted by Gasteiger charge is 2.18. The summed E-state index contributed by atoms with van der Waals surface area (Å²) in [4.78, 5) is 14.4. The lowest BCUT2D eigenvalue weighted by Gasteiger charge is -2.13. The van der Waals surface area contributed by atoms with E-state index in [0.29, 0.717) is 5.58 Å². The predicted molar refractivity (Wildman–Crippen MR) is 105 cm³/mol. The van der Waals surface area contributed by atoms with Crippen LogP contribution in [0.25, 0.3) is 11.0 Å². The quantitative estimate of drug-likeness (QED) is 0.699. The third-order valence-electron chi connectivity index (χ3n) is 3.92. The molecule has 0 aliphatic heterocycles. The molecule has 0 saturated carbocycles. The molecule has 128 valence electrons. The lowest BCUT2D eigenvalue weighted by Crippen LogP contribution is -2.34. The number of rotatable bonds is 3. The van der Waals surface area contributed by atoms with Crippen LogP contribution in [-0.2, 0) is 0 Å². The van der Waals surface area contributed by atoms with Crippen molar-refractivity contribution in [3.8, 4) is 0 Å². The topological polar surface area (TPSA) is 57.5 Å². The number of para-hydroxylation sites is 1. The molecule has 0 fully saturated rings. The molecular weight excluding hydrogens is 334 g/mol. The molecule has 25 heavy (non-hydrogen) atoms. The lowest BCUT2D eigenvalue weighted by atomic mass is 10.1. The summed E-state index contributed by atoms with van der Waals surface area (Å²) in [6.45, 7) is 1.86. The number of hydrogen-bond acceptors (Lipinski definition) is 4. The van der Waals surface area contributed by atoms with Crippen LogP contribution in [0.15, 0.2) is 52.9 Å². The third kappa shape index (κ3) is 3.64. The second kappa shape index (κ2) is 6.94. The number of anilines is 2. The normalized spacial score (nSPS) is 10.5. The Hall–Kier alpha value is -2.86. The lowest BCUT2D eigenvalue weighted by molar-refractivity contribution is 0.0952. The summed E-state index contributed by atoms with van der Waals surface area (Å²) in [5.74, 6) is -0.0931. The van der Waals surface area contributed by atoms with E-state index in [2.05, 4.69) is 10.6 Å². The molecule has 0 spiro atoms. The van der Waals surface area contributed by atoms with Gasteiger partial charge in [0.2, 0.25) is 0 Å². The number of benzene rings is 2. The van der Waals surface area contributed by atoms with Crippen molar-refractivity contribution >= 4 is 45.6 Å². The van der Waals surface area contributed by atoms with Gasteiger partial charge in [0.25, 0.3) is 5.91 Å². The van der Waals surface area contributed by atoms with Gasteiger partial charge in [0, 0.05) is 36.4 Å². The maximum Gasteiger partial charge on any atom is 0.293 e. The fourth-order valence-electron chi connectivity index (χ4n) is 2.56. The van der Waals surface area contributed by atoms with Crippen molar-refractivity contribution in [2.75, 3.05) is 24.3 Å². The Morgan fingerprint density at radius 2 is 1.76 bits per heavy atom. The van der Waals surface area contributed by atoms with Gasteiger partial charge in [0.05, 0.1) is 0 Å². The monoisotopic (exact) mass is 353 g/mol. The van der Waals surface area contributed by atoms with Gasteiger partial charge in [-0.25, -0.2) is 0 Å². The van der Waals surface area contributed by atoms with Gasteiger partial charge in [-0.2, -0.15) is 0 Å². The molecule has 3 rings (SSSR count). The van der Waals surface area contributed by atoms with Gasteiger partial charge in [-0.15, -0.1) is 0 Å². The molecule has 1 aromatic heterocycles. The minimum absolute atomic E-state index is 0.224. The van der Waals surface area contributed by atoms with Crippen molar-refractivity contribution < 1.29 is 9.21 Å². The van der Waals surface area contributed by atoms with E-state index < -0.39 is 0 Å². The van der Waals surface area contributed by atoms with Gasteiger partial charge >= 0.3 is 0 Å². The van der Waals surface area contributed by atoms with Crippen LogP contribution in [0.2, 0.25) is 0 Å². The summed E-state index contributed by atoms with van der Waals surface area (Å²) in [5, 5.41) is 6.81. The van der Waals surface area contributed by atoms with Crippen molar-refractivity contribution in [1.82, 2.24) is 5.32 Å². The number of hydrogen-bond donors (Lipinski definition) is 2. The van der Waals surface area contributed by atoms with Gasteiger partial charge in [0.15, 0.2) is 10.9 Å². The number of amides is 1. The summed E-state index contributed by atoms with van der Waals surface area (Å²) in [7, 11) is 3.95. The molecule has 1 heterocycles. The number of carbonyl (C=O) groups is 1. The van der Waals surface area contributed by atoms with E-state index >= 15 is 0 Å². The number of aryl methyl sites for hydroxylation is 1. The molecule has 0 saturated heterocycles. The molecule has 0 bridgehead atoms. The largest absolute Gasteiger partial charge is 0.451 e. The van der Waals surface area contributed by atoms with Crippen LogP contribution in [0.1, 0.15) is 16.1 Å². The zero-order valence-electron chi connectivity index (χ0n) is 14.3. The molecule has 0 aliphatic carbocycles. The molecule has 2 N–H and O–H groups in total. The van der Waals surface area contributed by atoms with Crippen LogP contribution in [0.5, 0.6) is 0 Å². The van der Waals surface area contributed by atoms with Crippen molar-refractivity contribution in [2.24, 2.45) is 0 Å². The van der Waals surface area contributed by atoms with Crippen LogP contribution in [0.4, 0.5) is 11.4 Å². The Kier molecular flexibility index (Phi) is 4.72. The third-order valence-corrected chi connectivity index (χ3v) is 4.12. The van der Waals surface area contributed by atoms with Crippen LogP contribution in [0, 0.1) is 6.92 Å². The molecule has 0 radical (unpaired) electrons. The molecule has 1 amide bonds. The summed E-state index contributed by atoms with van der Waals surface area (Å²) >= 11 is 5.23. The summed E-state index contributed by atoms with van der Waals surface area (Å²) in [5.41, 5.74) is 3.37. The highest BCUT2D eigenvalue weighted by Crippen LogP contribution is 2.24. The first-order valence-corrected chi connectivity index (χ1v) is 8.24. The van der Waals surface area contributed by atoms with E-state index in [9.17, 15) is 4.79 Å². The minimum Gasteiger partial charge on any atom is -0.451 e. The van der Waals surface area contributed by atoms with E-state index in [1.54, 1.807) is 0 Å². The molecular formula is C19H19N3O2S. The van der Waals surface area contributed by atoms with Crippen LogP contribution >= 0.6 is 12.2 Å². The standard InChI is InChI=1S/C19H19N3O2S/c1-12-15-6-4-5-7-16(15)24-17(12)18(23)21-19(25)20-13-8-10-14(11-9-13)22(2)3/h4-11H,1-3H3,(H2,20,21,23,25). The Labute approximate surface area is 151 Å². The number of nitrogens with zero attached hydrogens (tertiary/aromatic N) is 1. The Balaban J connectivity index is 1.69. The van der Waals surface area contributed by atoms with Gasteiger partial charge in [-0.05, 0) is 49.5 Å². The Morgan fingerprint density at radius 1 is 1.08 bits per heavy atom. The average Bonchev–Trinajstić information content (AvgIpc) is 2.92. The van der Waals surface area contributed by atoms with Gasteiger partial charge in [-0.1, -0.05) is 18.2 Å². The molecule has 3 aromatic rings. The molecule has 0 aliphatic rings. The first-order valence-electron chi connectivity index (χ1n) is 7.83. The van der Waals surface area contributed by atoms with E-state index in [1.807, 2.05) is 74.4 Å². The van der Waals surface area contributed by atoms with Gasteiger partial charge in [0.1, 0.15) is 5.58 Å². The fourth-order valence-corrected chi connectivity index (χ4v) is 2.77. The highest BCUT2D eigenvalue weighted by atomic mass is 32.1. The average molecular weight is 353 g/mol. The van der Waals surface area contributed by atoms with Crippen LogP contribution in [0.3, 0.4) is 0 Å². The number of nitrogens with one attached hydrogen (secondary N) is 2. The smallest absolute Gasteiger partial charge is 0.293 e. The molecule has 0 unspecified atom stereocenters. The van der Waals surface area contributed by atoms with E-state index in [-0.39, 0.29) is 16.8 Å². The van der Waals surface area contributed by atoms with Crippen molar-refractivity contribution in [3.63, 3.8) is 0 Å². The predicted octanol–water partition coefficient (Wildman–Crippen LogP) is 3.93. The number of thiocarbonyl (C=S) groups is 1. The van der Waals surface area contributed by atoms with Crippen molar-refractivity contribution in [2.45, 2.75) is 6.92 Å². The van der Waals surface area contributed by atoms with E-state index in [0.717, 1.165) is 22.3 Å². The van der Waals surface area contributed by atoms with Crippen molar-refractivity contribution in [1.29, 1.82) is 0 Å². The first kappa shape index (κ1) is 17.0. The Morgan fingerprint density at radius 3 is 2.40 bits per heavy atom. The maximum absolute atomic E-state index is 12.4. The Bertz CT molecular complexity index is 929. The van der Waals surface area contributed by atoms with Crippen LogP contribution in [-0.4, -0.2) is 25.1 Å². The zero-order valence-corrected chi connectivity index (χ0v) is 15.1. The summed E-state index contributed by atoms with van der Waals surface area (Å²) < 4.78 is 5.65. The summed E-state index contributed by atoms with van der Waals surface area (Å²) in [6.07, 6.45) is 0. The minimum atomic E-state index is -0.365. The van der Waals surface area contributed by atoms with Crippen LogP contribution < -0.4 is 15.5 Å². The van der Waals surface area contributed by atoms with E-state index in [4.69, 9.17) is 16.6 Å². The maximum atomic E-state index is 12.4. The SMILES string of the molecule is Cc1c(C(=O)NC(=S)Nc2ccc(N(C)C)cc2)oc2ccccc12.